The molecule has 3 nitrogen and oxygen atoms in total. The van der Waals surface area contributed by atoms with Gasteiger partial charge in [0.05, 0.1) is 11.7 Å². The molecule has 23 heavy (non-hydrogen) atoms. The van der Waals surface area contributed by atoms with E-state index in [1.54, 1.807) is 0 Å². The number of fused-ring (bicyclic) bond motifs is 7. The first-order valence-corrected chi connectivity index (χ1v) is 9.44. The van der Waals surface area contributed by atoms with Gasteiger partial charge in [0.1, 0.15) is 5.78 Å². The number of hydrogen-bond acceptors (Lipinski definition) is 3. The summed E-state index contributed by atoms with van der Waals surface area (Å²) in [4.78, 5) is 12.7. The predicted molar refractivity (Wildman–Crippen MR) is 86.5 cm³/mol. The van der Waals surface area contributed by atoms with Crippen molar-refractivity contribution < 1.29 is 15.0 Å². The lowest BCUT2D eigenvalue weighted by atomic mass is 9.45. The van der Waals surface area contributed by atoms with E-state index >= 15 is 0 Å². The molecule has 0 aliphatic heterocycles. The zero-order valence-electron chi connectivity index (χ0n) is 14.2. The molecule has 126 valence electrons. The highest BCUT2D eigenvalue weighted by Crippen LogP contribution is 2.71. The van der Waals surface area contributed by atoms with Crippen molar-refractivity contribution in [3.63, 3.8) is 0 Å². The summed E-state index contributed by atoms with van der Waals surface area (Å²) in [6.07, 6.45) is 9.15. The topological polar surface area (TPSA) is 57.5 Å². The molecule has 0 aromatic rings. The minimum Gasteiger partial charge on any atom is -0.393 e. The first kappa shape index (κ1) is 14.7. The normalized spacial score (nSPS) is 63.0. The molecule has 9 atom stereocenters. The summed E-state index contributed by atoms with van der Waals surface area (Å²) in [5, 5.41) is 21.3. The molecule has 0 amide bonds. The zero-order valence-corrected chi connectivity index (χ0v) is 14.2. The molecule has 0 aromatic carbocycles. The Morgan fingerprint density at radius 1 is 1.22 bits per heavy atom. The monoisotopic (exact) mass is 316 g/mol. The Morgan fingerprint density at radius 3 is 2.78 bits per heavy atom. The van der Waals surface area contributed by atoms with E-state index in [0.717, 1.165) is 32.1 Å². The van der Waals surface area contributed by atoms with Gasteiger partial charge in [-0.25, -0.2) is 0 Å². The van der Waals surface area contributed by atoms with Crippen LogP contribution in [0.25, 0.3) is 0 Å². The molecular weight excluding hydrogens is 288 g/mol. The average molecular weight is 316 g/mol. The SMILES string of the molecule is C[C@]12CCC3C(C=C[C@]4(O)C[C@@H](O)CC[C@]34C)C1[C@@H]1C[C@@H]1C2=O. The van der Waals surface area contributed by atoms with Gasteiger partial charge >= 0.3 is 0 Å². The van der Waals surface area contributed by atoms with Crippen LogP contribution in [0.2, 0.25) is 0 Å². The average Bonchev–Trinajstić information content (AvgIpc) is 3.23. The van der Waals surface area contributed by atoms with E-state index in [4.69, 9.17) is 0 Å². The second-order valence-electron chi connectivity index (χ2n) is 9.63. The van der Waals surface area contributed by atoms with Crippen LogP contribution in [-0.2, 0) is 4.79 Å². The van der Waals surface area contributed by atoms with E-state index in [-0.39, 0.29) is 16.9 Å². The van der Waals surface area contributed by atoms with E-state index in [2.05, 4.69) is 19.9 Å². The summed E-state index contributed by atoms with van der Waals surface area (Å²) in [7, 11) is 0. The van der Waals surface area contributed by atoms with Gasteiger partial charge < -0.3 is 10.2 Å². The van der Waals surface area contributed by atoms with Crippen LogP contribution in [0.3, 0.4) is 0 Å². The zero-order chi connectivity index (χ0) is 16.2. The van der Waals surface area contributed by atoms with Gasteiger partial charge in [-0.1, -0.05) is 26.0 Å². The van der Waals surface area contributed by atoms with Crippen LogP contribution < -0.4 is 0 Å². The number of carbonyl (C=O) groups excluding carboxylic acids is 1. The molecule has 5 aliphatic carbocycles. The standard InChI is InChI=1S/C20H28O3/c1-18-6-5-15-12(16(18)13-9-14(13)17(18)22)4-8-20(23)10-11(21)3-7-19(15,20)2/h4,8,11-16,21,23H,3,5-7,9-10H2,1-2H3/t11-,12?,13+,14-,15?,16?,18-,19+,20-/m0/s1. The largest absolute Gasteiger partial charge is 0.393 e. The van der Waals surface area contributed by atoms with Crippen LogP contribution in [0, 0.1) is 40.4 Å². The fourth-order valence-electron chi connectivity index (χ4n) is 7.28. The Hall–Kier alpha value is -0.670. The van der Waals surface area contributed by atoms with Gasteiger partial charge in [-0.15, -0.1) is 0 Å². The fourth-order valence-corrected chi connectivity index (χ4v) is 7.28. The Labute approximate surface area is 138 Å². The van der Waals surface area contributed by atoms with Crippen molar-refractivity contribution in [2.24, 2.45) is 40.4 Å². The molecule has 0 bridgehead atoms. The van der Waals surface area contributed by atoms with Crippen LogP contribution in [0.5, 0.6) is 0 Å². The number of aliphatic hydroxyl groups excluding tert-OH is 1. The lowest BCUT2D eigenvalue weighted by molar-refractivity contribution is -0.169. The number of ketones is 1. The van der Waals surface area contributed by atoms with Gasteiger partial charge in [0.15, 0.2) is 0 Å². The number of allylic oxidation sites excluding steroid dienone is 1. The molecule has 0 spiro atoms. The molecule has 3 unspecified atom stereocenters. The predicted octanol–water partition coefficient (Wildman–Crippen LogP) is 2.71. The molecule has 4 fully saturated rings. The third-order valence-electron chi connectivity index (χ3n) is 8.74. The minimum absolute atomic E-state index is 0.112. The van der Waals surface area contributed by atoms with Gasteiger partial charge in [0, 0.05) is 23.2 Å². The van der Waals surface area contributed by atoms with Crippen LogP contribution in [0.4, 0.5) is 0 Å². The minimum atomic E-state index is -0.870. The van der Waals surface area contributed by atoms with E-state index in [0.29, 0.717) is 41.8 Å². The fraction of sp³-hybridized carbons (Fsp3) is 0.850. The van der Waals surface area contributed by atoms with Crippen molar-refractivity contribution in [1.82, 2.24) is 0 Å². The van der Waals surface area contributed by atoms with Gasteiger partial charge in [-0.3, -0.25) is 4.79 Å². The summed E-state index contributed by atoms with van der Waals surface area (Å²) in [6.45, 7) is 4.45. The van der Waals surface area contributed by atoms with E-state index in [1.165, 1.54) is 0 Å². The summed E-state index contributed by atoms with van der Waals surface area (Å²) in [5.41, 5.74) is -1.13. The lowest BCUT2D eigenvalue weighted by Crippen LogP contribution is -2.61. The van der Waals surface area contributed by atoms with Crippen molar-refractivity contribution in [3.05, 3.63) is 12.2 Å². The van der Waals surface area contributed by atoms with Crippen molar-refractivity contribution in [2.45, 2.75) is 64.1 Å². The van der Waals surface area contributed by atoms with E-state index in [1.807, 2.05) is 6.08 Å². The molecule has 2 N–H and O–H groups in total. The Bertz CT molecular complexity index is 612. The molecule has 0 aromatic heterocycles. The summed E-state index contributed by atoms with van der Waals surface area (Å²) < 4.78 is 0. The Kier molecular flexibility index (Phi) is 2.62. The Balaban J connectivity index is 1.58. The molecule has 3 heteroatoms. The summed E-state index contributed by atoms with van der Waals surface area (Å²) in [6, 6.07) is 0. The summed E-state index contributed by atoms with van der Waals surface area (Å²) in [5.74, 6) is 2.87. The van der Waals surface area contributed by atoms with Crippen LogP contribution in [0.1, 0.15) is 52.4 Å². The van der Waals surface area contributed by atoms with Crippen LogP contribution in [-0.4, -0.2) is 27.7 Å². The molecule has 5 aliphatic rings. The van der Waals surface area contributed by atoms with E-state index in [9.17, 15) is 15.0 Å². The van der Waals surface area contributed by atoms with Gasteiger partial charge in [-0.05, 0) is 55.8 Å². The maximum absolute atomic E-state index is 12.7. The number of rotatable bonds is 0. The van der Waals surface area contributed by atoms with Crippen LogP contribution in [0.15, 0.2) is 12.2 Å². The highest BCUT2D eigenvalue weighted by atomic mass is 16.3. The third-order valence-corrected chi connectivity index (χ3v) is 8.74. The summed E-state index contributed by atoms with van der Waals surface area (Å²) >= 11 is 0. The number of hydrogen-bond donors (Lipinski definition) is 2. The smallest absolute Gasteiger partial charge is 0.142 e. The van der Waals surface area contributed by atoms with Crippen molar-refractivity contribution >= 4 is 5.78 Å². The molecule has 5 rings (SSSR count). The van der Waals surface area contributed by atoms with E-state index < -0.39 is 5.60 Å². The first-order chi connectivity index (χ1) is 10.8. The van der Waals surface area contributed by atoms with Gasteiger partial charge in [-0.2, -0.15) is 0 Å². The molecular formula is C20H28O3. The highest BCUT2D eigenvalue weighted by molar-refractivity contribution is 5.92. The second-order valence-corrected chi connectivity index (χ2v) is 9.63. The molecule has 4 saturated carbocycles. The highest BCUT2D eigenvalue weighted by Gasteiger charge is 2.71. The Morgan fingerprint density at radius 2 is 2.00 bits per heavy atom. The van der Waals surface area contributed by atoms with Crippen molar-refractivity contribution in [1.29, 1.82) is 0 Å². The van der Waals surface area contributed by atoms with Crippen LogP contribution >= 0.6 is 0 Å². The molecule has 0 radical (unpaired) electrons. The second kappa shape index (κ2) is 4.11. The molecule has 0 heterocycles. The van der Waals surface area contributed by atoms with Crippen molar-refractivity contribution in [2.75, 3.05) is 0 Å². The number of aliphatic hydroxyl groups is 2. The van der Waals surface area contributed by atoms with Gasteiger partial charge in [0.25, 0.3) is 0 Å². The first-order valence-electron chi connectivity index (χ1n) is 9.44. The van der Waals surface area contributed by atoms with Crippen molar-refractivity contribution in [3.8, 4) is 0 Å². The maximum atomic E-state index is 12.7. The number of Topliss-reactive ketones (excluding diaryl/α,β-unsaturated/α-hetero) is 1. The maximum Gasteiger partial charge on any atom is 0.142 e. The lowest BCUT2D eigenvalue weighted by Gasteiger charge is -2.61. The quantitative estimate of drug-likeness (QED) is 0.676. The van der Waals surface area contributed by atoms with Gasteiger partial charge in [0.2, 0.25) is 0 Å². The number of carbonyl (C=O) groups is 1. The molecule has 0 saturated heterocycles. The third kappa shape index (κ3) is 1.57.